The predicted molar refractivity (Wildman–Crippen MR) is 107 cm³/mol. The molecule has 0 aliphatic carbocycles. The van der Waals surface area contributed by atoms with Gasteiger partial charge in [-0.25, -0.2) is 8.42 Å². The van der Waals surface area contributed by atoms with Crippen molar-refractivity contribution < 1.29 is 42.5 Å². The molecule has 3 nitrogen and oxygen atoms in total. The molecule has 0 saturated heterocycles. The van der Waals surface area contributed by atoms with Crippen LogP contribution >= 0.6 is 45.2 Å². The molecule has 0 aliphatic rings. The smallest absolute Gasteiger partial charge is 0.744 e. The fourth-order valence-electron chi connectivity index (χ4n) is 2.43. The maximum absolute atomic E-state index is 11.4. The Morgan fingerprint density at radius 3 is 2.09 bits per heavy atom. The van der Waals surface area contributed by atoms with Crippen molar-refractivity contribution in [2.45, 2.75) is 64.6 Å². The minimum atomic E-state index is -4.42. The van der Waals surface area contributed by atoms with Crippen LogP contribution in [0.5, 0.6) is 0 Å². The van der Waals surface area contributed by atoms with Crippen molar-refractivity contribution in [3.05, 3.63) is 29.8 Å². The number of alkyl halides is 2. The van der Waals surface area contributed by atoms with Gasteiger partial charge in [-0.15, -0.1) is 0 Å². The van der Waals surface area contributed by atoms with E-state index >= 15 is 0 Å². The number of hydrogen-bond donors (Lipinski definition) is 0. The molecule has 0 aromatic heterocycles. The molecule has 7 heteroatoms. The predicted octanol–water partition coefficient (Wildman–Crippen LogP) is 2.76. The van der Waals surface area contributed by atoms with E-state index in [0.29, 0.717) is 5.56 Å². The minimum absolute atomic E-state index is 0. The van der Waals surface area contributed by atoms with Gasteiger partial charge in [-0.3, -0.25) is 0 Å². The molecule has 0 heterocycles. The monoisotopic (exact) mass is 572 g/mol. The van der Waals surface area contributed by atoms with Crippen LogP contribution in [0.2, 0.25) is 0 Å². The molecule has 23 heavy (non-hydrogen) atoms. The van der Waals surface area contributed by atoms with E-state index in [0.717, 1.165) is 19.3 Å². The Hall–Kier alpha value is 1.59. The van der Waals surface area contributed by atoms with Crippen LogP contribution in [0.25, 0.3) is 0 Å². The van der Waals surface area contributed by atoms with E-state index in [1.807, 2.05) is 0 Å². The van der Waals surface area contributed by atoms with E-state index in [9.17, 15) is 13.0 Å². The summed E-state index contributed by atoms with van der Waals surface area (Å²) in [5, 5.41) is 0. The van der Waals surface area contributed by atoms with Gasteiger partial charge in [0.2, 0.25) is 0 Å². The number of halogens is 2. The summed E-state index contributed by atoms with van der Waals surface area (Å²) in [5.41, 5.74) is 0.622. The second-order valence-electron chi connectivity index (χ2n) is 5.53. The third-order valence-corrected chi connectivity index (χ3v) is 6.78. The molecule has 0 bridgehead atoms. The van der Waals surface area contributed by atoms with Crippen LogP contribution in [-0.4, -0.2) is 13.0 Å². The van der Waals surface area contributed by atoms with E-state index in [1.54, 1.807) is 18.2 Å². The molecule has 1 aromatic rings. The van der Waals surface area contributed by atoms with Crippen molar-refractivity contribution in [3.63, 3.8) is 0 Å². The molecule has 0 amide bonds. The second-order valence-corrected chi connectivity index (χ2v) is 12.6. The van der Waals surface area contributed by atoms with E-state index < -0.39 is 10.1 Å². The Kier molecular flexibility index (Phi) is 12.9. The number of unbranched alkanes of at least 4 members (excludes halogenated alkanes) is 6. The average molecular weight is 572 g/mol. The Labute approximate surface area is 190 Å². The second kappa shape index (κ2) is 12.1. The first-order valence-corrected chi connectivity index (χ1v) is 11.3. The molecule has 0 aliphatic heterocycles. The topological polar surface area (TPSA) is 57.2 Å². The molecule has 0 fully saturated rings. The third-order valence-electron chi connectivity index (χ3n) is 3.64. The minimum Gasteiger partial charge on any atom is -0.744 e. The van der Waals surface area contributed by atoms with Gasteiger partial charge in [0.05, 0.1) is 6.32 Å². The summed E-state index contributed by atoms with van der Waals surface area (Å²) in [6, 6.07) is 6.56. The molecule has 126 valence electrons. The van der Waals surface area contributed by atoms with E-state index in [4.69, 9.17) is 0 Å². The SMILES string of the molecule is CCCCCCCCCC(I)(I)c1ccccc1S(=O)(=O)[O-].[Na+]. The molecule has 1 aromatic carbocycles. The zero-order valence-electron chi connectivity index (χ0n) is 13.9. The number of hydrogen-bond acceptors (Lipinski definition) is 3. The van der Waals surface area contributed by atoms with E-state index in [-0.39, 0.29) is 35.9 Å². The van der Waals surface area contributed by atoms with Crippen molar-refractivity contribution in [2.75, 3.05) is 0 Å². The van der Waals surface area contributed by atoms with E-state index in [2.05, 4.69) is 52.1 Å². The summed E-state index contributed by atoms with van der Waals surface area (Å²) >= 11 is 4.53. The van der Waals surface area contributed by atoms with Gasteiger partial charge in [-0.2, -0.15) is 0 Å². The zero-order chi connectivity index (χ0) is 16.6. The van der Waals surface area contributed by atoms with Crippen LogP contribution in [0, 0.1) is 0 Å². The van der Waals surface area contributed by atoms with Crippen LogP contribution in [0.4, 0.5) is 0 Å². The van der Waals surface area contributed by atoms with Gasteiger partial charge >= 0.3 is 29.6 Å². The van der Waals surface area contributed by atoms with Crippen molar-refractivity contribution in [2.24, 2.45) is 0 Å². The summed E-state index contributed by atoms with van der Waals surface area (Å²) in [4.78, 5) is -0.0817. The normalized spacial score (nSPS) is 12.0. The zero-order valence-corrected chi connectivity index (χ0v) is 21.0. The molecule has 1 rings (SSSR count). The quantitative estimate of drug-likeness (QED) is 0.143. The molecule has 0 saturated carbocycles. The van der Waals surface area contributed by atoms with Crippen molar-refractivity contribution in [1.82, 2.24) is 0 Å². The third kappa shape index (κ3) is 9.19. The van der Waals surface area contributed by atoms with E-state index in [1.165, 1.54) is 38.2 Å². The average Bonchev–Trinajstić information content (AvgIpc) is 2.45. The van der Waals surface area contributed by atoms with Gasteiger partial charge in [0, 0.05) is 0 Å². The largest absolute Gasteiger partial charge is 1.00 e. The Morgan fingerprint density at radius 2 is 1.52 bits per heavy atom. The van der Waals surface area contributed by atoms with Crippen LogP contribution < -0.4 is 29.6 Å². The van der Waals surface area contributed by atoms with Gasteiger partial charge < -0.3 is 4.55 Å². The first-order chi connectivity index (χ1) is 10.3. The summed E-state index contributed by atoms with van der Waals surface area (Å²) in [7, 11) is -4.42. The Balaban J connectivity index is 0.00000484. The van der Waals surface area contributed by atoms with Gasteiger partial charge in [-0.1, -0.05) is 115 Å². The first-order valence-electron chi connectivity index (χ1n) is 7.72. The number of rotatable bonds is 10. The van der Waals surface area contributed by atoms with Gasteiger partial charge in [0.1, 0.15) is 10.1 Å². The van der Waals surface area contributed by atoms with Gasteiger partial charge in [0.15, 0.2) is 0 Å². The van der Waals surface area contributed by atoms with Crippen molar-refractivity contribution in [1.29, 1.82) is 0 Å². The van der Waals surface area contributed by atoms with Crippen LogP contribution in [0.15, 0.2) is 29.2 Å². The summed E-state index contributed by atoms with van der Waals surface area (Å²) in [6.07, 6.45) is 9.43. The van der Waals surface area contributed by atoms with Crippen molar-refractivity contribution >= 4 is 55.3 Å². The fourth-order valence-corrected chi connectivity index (χ4v) is 5.25. The Morgan fingerprint density at radius 1 is 1.00 bits per heavy atom. The molecular weight excluding hydrogens is 549 g/mol. The van der Waals surface area contributed by atoms with Crippen LogP contribution in [-0.2, 0) is 11.5 Å². The van der Waals surface area contributed by atoms with Crippen LogP contribution in [0.3, 0.4) is 0 Å². The van der Waals surface area contributed by atoms with Crippen LogP contribution in [0.1, 0.15) is 63.9 Å². The first kappa shape index (κ1) is 24.6. The van der Waals surface area contributed by atoms with Gasteiger partial charge in [-0.05, 0) is 18.1 Å². The van der Waals surface area contributed by atoms with Crippen molar-refractivity contribution in [3.8, 4) is 0 Å². The molecule has 0 N–H and O–H groups in total. The fraction of sp³-hybridized carbons (Fsp3) is 0.625. The number of benzene rings is 1. The molecule has 0 unspecified atom stereocenters. The maximum atomic E-state index is 11.4. The Bertz CT molecular complexity index is 562. The summed E-state index contributed by atoms with van der Waals surface area (Å²) in [5.74, 6) is 0. The maximum Gasteiger partial charge on any atom is 1.00 e. The summed E-state index contributed by atoms with van der Waals surface area (Å²) in [6.45, 7) is 2.21. The molecular formula is C16H23I2NaO3S. The standard InChI is InChI=1S/C16H24I2O3S.Na/c1-2-3-4-5-6-7-10-13-16(17,18)14-11-8-9-12-15(14)22(19,20)21;/h8-9,11-12H,2-7,10,13H2,1H3,(H,19,20,21);/q;+1/p-1. The molecule has 0 spiro atoms. The molecule has 0 atom stereocenters. The van der Waals surface area contributed by atoms with Gasteiger partial charge in [0.25, 0.3) is 0 Å². The molecule has 0 radical (unpaired) electrons. The summed E-state index contributed by atoms with van der Waals surface area (Å²) < 4.78 is 33.9.